The minimum atomic E-state index is 0.493. The SMILES string of the molecule is C=C(C)/N=C(/Cl)C=C(C)C. The fraction of sp³-hybridized carbons (Fsp3) is 0.375. The van der Waals surface area contributed by atoms with Gasteiger partial charge in [-0.25, -0.2) is 4.99 Å². The van der Waals surface area contributed by atoms with Crippen LogP contribution in [0.1, 0.15) is 20.8 Å². The summed E-state index contributed by atoms with van der Waals surface area (Å²) in [7, 11) is 0. The molecule has 0 amide bonds. The van der Waals surface area contributed by atoms with Gasteiger partial charge < -0.3 is 0 Å². The van der Waals surface area contributed by atoms with Gasteiger partial charge in [0, 0.05) is 5.70 Å². The highest BCUT2D eigenvalue weighted by atomic mass is 35.5. The Labute approximate surface area is 67.1 Å². The monoisotopic (exact) mass is 157 g/mol. The van der Waals surface area contributed by atoms with Gasteiger partial charge in [-0.3, -0.25) is 0 Å². The molecular formula is C8H12ClN. The number of aliphatic imine (C=N–C) groups is 1. The summed E-state index contributed by atoms with van der Waals surface area (Å²) in [5.74, 6) is 0. The quantitative estimate of drug-likeness (QED) is 0.547. The Hall–Kier alpha value is -0.560. The second-order valence-corrected chi connectivity index (χ2v) is 2.78. The molecule has 0 rings (SSSR count). The number of hydrogen-bond donors (Lipinski definition) is 0. The third kappa shape index (κ3) is 5.57. The van der Waals surface area contributed by atoms with E-state index in [-0.39, 0.29) is 0 Å². The summed E-state index contributed by atoms with van der Waals surface area (Å²) < 4.78 is 0. The van der Waals surface area contributed by atoms with Crippen LogP contribution in [0.25, 0.3) is 0 Å². The Morgan fingerprint density at radius 1 is 1.40 bits per heavy atom. The highest BCUT2D eigenvalue weighted by Gasteiger charge is 1.86. The first-order valence-corrected chi connectivity index (χ1v) is 3.45. The van der Waals surface area contributed by atoms with Gasteiger partial charge in [-0.1, -0.05) is 23.8 Å². The molecule has 0 aliphatic carbocycles. The van der Waals surface area contributed by atoms with Gasteiger partial charge in [-0.15, -0.1) is 0 Å². The van der Waals surface area contributed by atoms with Crippen molar-refractivity contribution >= 4 is 16.8 Å². The molecule has 0 saturated carbocycles. The van der Waals surface area contributed by atoms with E-state index >= 15 is 0 Å². The third-order valence-electron chi connectivity index (χ3n) is 0.705. The molecule has 0 aromatic rings. The van der Waals surface area contributed by atoms with E-state index in [0.717, 1.165) is 11.3 Å². The molecule has 1 nitrogen and oxygen atoms in total. The average molecular weight is 158 g/mol. The van der Waals surface area contributed by atoms with Gasteiger partial charge in [-0.2, -0.15) is 0 Å². The topological polar surface area (TPSA) is 12.4 Å². The second-order valence-electron chi connectivity index (χ2n) is 2.39. The van der Waals surface area contributed by atoms with Crippen LogP contribution in [-0.4, -0.2) is 5.17 Å². The minimum Gasteiger partial charge on any atom is -0.242 e. The first kappa shape index (κ1) is 9.44. The molecule has 2 heteroatoms. The molecule has 0 saturated heterocycles. The zero-order valence-corrected chi connectivity index (χ0v) is 7.37. The lowest BCUT2D eigenvalue weighted by molar-refractivity contribution is 1.33. The molecule has 0 fully saturated rings. The minimum absolute atomic E-state index is 0.493. The summed E-state index contributed by atoms with van der Waals surface area (Å²) in [6, 6.07) is 0. The standard InChI is InChI=1S/C8H12ClN/c1-6(2)5-8(9)10-7(3)4/h5H,3H2,1-2,4H3/b10-8+. The largest absolute Gasteiger partial charge is 0.242 e. The van der Waals surface area contributed by atoms with Crippen LogP contribution < -0.4 is 0 Å². The summed E-state index contributed by atoms with van der Waals surface area (Å²) >= 11 is 5.68. The molecule has 10 heavy (non-hydrogen) atoms. The van der Waals surface area contributed by atoms with Crippen molar-refractivity contribution in [2.75, 3.05) is 0 Å². The van der Waals surface area contributed by atoms with Gasteiger partial charge in [0.1, 0.15) is 5.17 Å². The third-order valence-corrected chi connectivity index (χ3v) is 0.899. The second kappa shape index (κ2) is 4.29. The van der Waals surface area contributed by atoms with E-state index in [2.05, 4.69) is 11.6 Å². The van der Waals surface area contributed by atoms with Crippen molar-refractivity contribution in [1.29, 1.82) is 0 Å². The smallest absolute Gasteiger partial charge is 0.129 e. The maximum atomic E-state index is 5.68. The maximum Gasteiger partial charge on any atom is 0.129 e. The number of rotatable bonds is 2. The molecule has 0 atom stereocenters. The van der Waals surface area contributed by atoms with Gasteiger partial charge in [0.05, 0.1) is 0 Å². The van der Waals surface area contributed by atoms with Crippen molar-refractivity contribution in [1.82, 2.24) is 0 Å². The molecule has 0 spiro atoms. The van der Waals surface area contributed by atoms with Crippen LogP contribution in [0.15, 0.2) is 28.9 Å². The average Bonchev–Trinajstić information content (AvgIpc) is 1.58. The predicted octanol–water partition coefficient (Wildman–Crippen LogP) is 3.12. The Morgan fingerprint density at radius 3 is 2.20 bits per heavy atom. The van der Waals surface area contributed by atoms with Crippen LogP contribution in [0.3, 0.4) is 0 Å². The Bertz CT molecular complexity index is 185. The summed E-state index contributed by atoms with van der Waals surface area (Å²) in [6.07, 6.45) is 1.80. The molecule has 0 aliphatic heterocycles. The first-order valence-electron chi connectivity index (χ1n) is 3.07. The number of allylic oxidation sites excluding steroid dienone is 3. The molecule has 0 aromatic carbocycles. The lowest BCUT2D eigenvalue weighted by Crippen LogP contribution is -1.81. The van der Waals surface area contributed by atoms with Crippen LogP contribution in [-0.2, 0) is 0 Å². The highest BCUT2D eigenvalue weighted by molar-refractivity contribution is 6.68. The zero-order chi connectivity index (χ0) is 8.15. The van der Waals surface area contributed by atoms with E-state index in [0.29, 0.717) is 5.17 Å². The van der Waals surface area contributed by atoms with Crippen LogP contribution in [0.2, 0.25) is 0 Å². The van der Waals surface area contributed by atoms with E-state index < -0.39 is 0 Å². The summed E-state index contributed by atoms with van der Waals surface area (Å²) in [4.78, 5) is 3.93. The Balaban J connectivity index is 4.22. The molecular weight excluding hydrogens is 146 g/mol. The molecule has 0 aromatic heterocycles. The number of nitrogens with zero attached hydrogens (tertiary/aromatic N) is 1. The fourth-order valence-electron chi connectivity index (χ4n) is 0.453. The van der Waals surface area contributed by atoms with Crippen LogP contribution in [0, 0.1) is 0 Å². The van der Waals surface area contributed by atoms with Crippen LogP contribution in [0.4, 0.5) is 0 Å². The van der Waals surface area contributed by atoms with Crippen molar-refractivity contribution in [3.63, 3.8) is 0 Å². The van der Waals surface area contributed by atoms with E-state index in [1.807, 2.05) is 13.8 Å². The summed E-state index contributed by atoms with van der Waals surface area (Å²) in [5, 5.41) is 0.493. The van der Waals surface area contributed by atoms with Crippen molar-refractivity contribution in [2.45, 2.75) is 20.8 Å². The molecule has 56 valence electrons. The number of halogens is 1. The van der Waals surface area contributed by atoms with Gasteiger partial charge in [0.15, 0.2) is 0 Å². The lowest BCUT2D eigenvalue weighted by atomic mass is 10.3. The van der Waals surface area contributed by atoms with E-state index in [1.165, 1.54) is 0 Å². The van der Waals surface area contributed by atoms with Crippen molar-refractivity contribution in [3.05, 3.63) is 23.9 Å². The molecule has 0 heterocycles. The Kier molecular flexibility index (Phi) is 4.05. The van der Waals surface area contributed by atoms with Crippen LogP contribution >= 0.6 is 11.6 Å². The molecule has 0 bridgehead atoms. The van der Waals surface area contributed by atoms with Crippen LogP contribution in [0.5, 0.6) is 0 Å². The first-order chi connectivity index (χ1) is 4.52. The van der Waals surface area contributed by atoms with Gasteiger partial charge in [-0.05, 0) is 26.8 Å². The summed E-state index contributed by atoms with van der Waals surface area (Å²) in [5.41, 5.74) is 1.86. The molecule has 0 aliphatic rings. The molecule has 0 N–H and O–H groups in total. The Morgan fingerprint density at radius 2 is 1.90 bits per heavy atom. The zero-order valence-electron chi connectivity index (χ0n) is 6.61. The summed E-state index contributed by atoms with van der Waals surface area (Å²) in [6.45, 7) is 9.35. The van der Waals surface area contributed by atoms with Gasteiger partial charge in [0.25, 0.3) is 0 Å². The van der Waals surface area contributed by atoms with Gasteiger partial charge >= 0.3 is 0 Å². The van der Waals surface area contributed by atoms with Crippen molar-refractivity contribution < 1.29 is 0 Å². The van der Waals surface area contributed by atoms with Crippen molar-refractivity contribution in [2.24, 2.45) is 4.99 Å². The fourth-order valence-corrected chi connectivity index (χ4v) is 0.815. The highest BCUT2D eigenvalue weighted by Crippen LogP contribution is 1.99. The van der Waals surface area contributed by atoms with E-state index in [4.69, 9.17) is 11.6 Å². The molecule has 0 radical (unpaired) electrons. The number of hydrogen-bond acceptors (Lipinski definition) is 1. The maximum absolute atomic E-state index is 5.68. The van der Waals surface area contributed by atoms with E-state index in [1.54, 1.807) is 13.0 Å². The van der Waals surface area contributed by atoms with E-state index in [9.17, 15) is 0 Å². The predicted molar refractivity (Wildman–Crippen MR) is 47.5 cm³/mol. The van der Waals surface area contributed by atoms with Crippen molar-refractivity contribution in [3.8, 4) is 0 Å². The van der Waals surface area contributed by atoms with Gasteiger partial charge in [0.2, 0.25) is 0 Å². The lowest BCUT2D eigenvalue weighted by Gasteiger charge is -1.90. The molecule has 0 unspecified atom stereocenters. The normalized spacial score (nSPS) is 11.0.